The molecule has 4 aliphatic heterocycles. The van der Waals surface area contributed by atoms with Crippen molar-refractivity contribution in [1.82, 2.24) is 43.7 Å². The Morgan fingerprint density at radius 3 is 2.37 bits per heavy atom. The molecule has 15 nitrogen and oxygen atoms in total. The number of nitrogens with one attached hydrogen (secondary N) is 2. The molecule has 0 saturated carbocycles. The minimum Gasteiger partial charge on any atom is -0.351 e. The minimum absolute atomic E-state index is 0.0472. The zero-order valence-electron chi connectivity index (χ0n) is 35.0. The number of hydrogen-bond donors (Lipinski definition) is 2. The third kappa shape index (κ3) is 8.71. The maximum Gasteiger partial charge on any atom is 0.329 e. The van der Waals surface area contributed by atoms with E-state index in [1.807, 2.05) is 11.0 Å². The number of nitrogens with zero attached hydrogens (tertiary/aromatic N) is 8. The van der Waals surface area contributed by atoms with Crippen molar-refractivity contribution in [2.45, 2.75) is 69.4 Å². The molecule has 3 aromatic heterocycles. The van der Waals surface area contributed by atoms with Gasteiger partial charge in [0.25, 0.3) is 5.56 Å². The molecule has 0 bridgehead atoms. The summed E-state index contributed by atoms with van der Waals surface area (Å²) in [6, 6.07) is 17.5. The Balaban J connectivity index is 0.708. The third-order valence-electron chi connectivity index (χ3n) is 13.4. The van der Waals surface area contributed by atoms with Crippen LogP contribution in [0.25, 0.3) is 28.0 Å². The van der Waals surface area contributed by atoms with E-state index in [4.69, 9.17) is 0 Å². The Kier molecular flexibility index (Phi) is 11.9. The number of aryl methyl sites for hydroxylation is 1. The highest BCUT2D eigenvalue weighted by atomic mass is 19.1. The molecule has 0 spiro atoms. The summed E-state index contributed by atoms with van der Waals surface area (Å²) in [5, 5.41) is 5.74. The van der Waals surface area contributed by atoms with Crippen molar-refractivity contribution >= 4 is 34.7 Å². The number of piperidine rings is 4. The standard InChI is InChI=1S/C46H53FN10O5/c1-52-39-26-32(8-9-37(39)57(46(52)62)38-10-11-40(58)50-44(38)61)31-14-21-53(22-15-31)28-30-12-19-54(20-13-30)29-42(60)55-23-16-34(17-24-55)49-45-48-27-36(47)43(51-45)33-5-4-6-35(25-33)56-18-3-2-7-41(56)59/h2-9,18,25-27,30-31,34,38H,10-17,19-24,28-29H2,1H3,(H,48,49,51)(H,50,58,61). The first kappa shape index (κ1) is 41.4. The number of carbonyl (C=O) groups excluding carboxylic acids is 3. The van der Waals surface area contributed by atoms with E-state index in [1.54, 1.807) is 54.2 Å². The predicted octanol–water partition coefficient (Wildman–Crippen LogP) is 4.06. The Morgan fingerprint density at radius 2 is 1.61 bits per heavy atom. The molecular formula is C46H53FN10O5. The summed E-state index contributed by atoms with van der Waals surface area (Å²) in [7, 11) is 1.74. The number of pyridine rings is 1. The number of aromatic nitrogens is 5. The molecule has 1 unspecified atom stereocenters. The number of benzene rings is 2. The van der Waals surface area contributed by atoms with Crippen LogP contribution in [-0.4, -0.2) is 114 Å². The number of anilines is 1. The highest BCUT2D eigenvalue weighted by molar-refractivity contribution is 6.00. The van der Waals surface area contributed by atoms with Crippen molar-refractivity contribution in [1.29, 1.82) is 0 Å². The van der Waals surface area contributed by atoms with E-state index in [2.05, 4.69) is 42.5 Å². The zero-order chi connectivity index (χ0) is 42.9. The summed E-state index contributed by atoms with van der Waals surface area (Å²) in [4.78, 5) is 78.9. The highest BCUT2D eigenvalue weighted by Crippen LogP contribution is 2.33. The Morgan fingerprint density at radius 1 is 0.839 bits per heavy atom. The largest absolute Gasteiger partial charge is 0.351 e. The molecular weight excluding hydrogens is 792 g/mol. The summed E-state index contributed by atoms with van der Waals surface area (Å²) < 4.78 is 19.6. The lowest BCUT2D eigenvalue weighted by molar-refractivity contribution is -0.136. The number of halogens is 1. The van der Waals surface area contributed by atoms with Gasteiger partial charge in [-0.1, -0.05) is 24.3 Å². The number of imidazole rings is 1. The maximum absolute atomic E-state index is 15.0. The molecule has 4 saturated heterocycles. The molecule has 0 aliphatic carbocycles. The molecule has 2 N–H and O–H groups in total. The van der Waals surface area contributed by atoms with Gasteiger partial charge in [-0.15, -0.1) is 0 Å². The predicted molar refractivity (Wildman–Crippen MR) is 232 cm³/mol. The van der Waals surface area contributed by atoms with Crippen LogP contribution in [0.5, 0.6) is 0 Å². The number of likely N-dealkylation sites (tertiary alicyclic amines) is 3. The van der Waals surface area contributed by atoms with Gasteiger partial charge in [-0.2, -0.15) is 0 Å². The van der Waals surface area contributed by atoms with Crippen LogP contribution in [0, 0.1) is 11.7 Å². The average molecular weight is 845 g/mol. The van der Waals surface area contributed by atoms with Gasteiger partial charge in [-0.3, -0.25) is 43.1 Å². The lowest BCUT2D eigenvalue weighted by atomic mass is 9.88. The monoisotopic (exact) mass is 844 g/mol. The highest BCUT2D eigenvalue weighted by Gasteiger charge is 2.33. The minimum atomic E-state index is -0.687. The van der Waals surface area contributed by atoms with E-state index in [0.717, 1.165) is 82.3 Å². The van der Waals surface area contributed by atoms with Crippen LogP contribution >= 0.6 is 0 Å². The van der Waals surface area contributed by atoms with Crippen LogP contribution in [0.4, 0.5) is 10.3 Å². The van der Waals surface area contributed by atoms with Crippen molar-refractivity contribution in [2.24, 2.45) is 13.0 Å². The van der Waals surface area contributed by atoms with Crippen LogP contribution in [0.15, 0.2) is 82.6 Å². The van der Waals surface area contributed by atoms with Crippen LogP contribution in [0.2, 0.25) is 0 Å². The molecule has 7 heterocycles. The van der Waals surface area contributed by atoms with Gasteiger partial charge < -0.3 is 15.1 Å². The van der Waals surface area contributed by atoms with Gasteiger partial charge in [-0.05, 0) is 119 Å². The topological polar surface area (TPSA) is 160 Å². The number of imide groups is 1. The first-order valence-electron chi connectivity index (χ1n) is 21.9. The van der Waals surface area contributed by atoms with Crippen LogP contribution in [-0.2, 0) is 21.4 Å². The number of carbonyl (C=O) groups is 3. The van der Waals surface area contributed by atoms with Gasteiger partial charge in [0, 0.05) is 62.7 Å². The van der Waals surface area contributed by atoms with Gasteiger partial charge in [0.2, 0.25) is 23.7 Å². The molecule has 1 atom stereocenters. The maximum atomic E-state index is 15.0. The molecule has 4 fully saturated rings. The fourth-order valence-corrected chi connectivity index (χ4v) is 9.84. The fourth-order valence-electron chi connectivity index (χ4n) is 9.84. The first-order chi connectivity index (χ1) is 30.1. The molecule has 324 valence electrons. The molecule has 9 rings (SSSR count). The SMILES string of the molecule is Cn1c(=O)n(C2CCC(=O)NC2=O)c2ccc(C3CCN(CC4CCN(CC(=O)N5CCC(Nc6ncc(F)c(-c7cccc(-n8ccccc8=O)c7)n6)CC5)CC4)CC3)cc21. The van der Waals surface area contributed by atoms with E-state index < -0.39 is 17.8 Å². The zero-order valence-corrected chi connectivity index (χ0v) is 35.0. The van der Waals surface area contributed by atoms with Gasteiger partial charge in [0.1, 0.15) is 11.7 Å². The van der Waals surface area contributed by atoms with Crippen LogP contribution in [0.3, 0.4) is 0 Å². The van der Waals surface area contributed by atoms with Crippen LogP contribution < -0.4 is 21.9 Å². The molecule has 62 heavy (non-hydrogen) atoms. The molecule has 16 heteroatoms. The van der Waals surface area contributed by atoms with E-state index >= 15 is 0 Å². The smallest absolute Gasteiger partial charge is 0.329 e. The van der Waals surface area contributed by atoms with Gasteiger partial charge in [0.05, 0.1) is 23.8 Å². The first-order valence-corrected chi connectivity index (χ1v) is 21.9. The van der Waals surface area contributed by atoms with E-state index in [9.17, 15) is 28.4 Å². The van der Waals surface area contributed by atoms with Gasteiger partial charge in [0.15, 0.2) is 5.82 Å². The van der Waals surface area contributed by atoms with Crippen molar-refractivity contribution in [3.05, 3.63) is 105 Å². The van der Waals surface area contributed by atoms with E-state index in [1.165, 1.54) is 27.0 Å². The number of amides is 3. The Labute approximate surface area is 358 Å². The van der Waals surface area contributed by atoms with E-state index in [0.29, 0.717) is 55.1 Å². The summed E-state index contributed by atoms with van der Waals surface area (Å²) in [5.41, 5.74) is 3.61. The molecule has 3 amide bonds. The quantitative estimate of drug-likeness (QED) is 0.197. The van der Waals surface area contributed by atoms with Crippen molar-refractivity contribution < 1.29 is 18.8 Å². The molecule has 2 aromatic carbocycles. The second kappa shape index (κ2) is 17.8. The third-order valence-corrected chi connectivity index (χ3v) is 13.4. The second-order valence-electron chi connectivity index (χ2n) is 17.4. The van der Waals surface area contributed by atoms with Gasteiger partial charge >= 0.3 is 5.69 Å². The summed E-state index contributed by atoms with van der Waals surface area (Å²) in [6.45, 7) is 6.62. The summed E-state index contributed by atoms with van der Waals surface area (Å²) in [5.74, 6) is 0.209. The average Bonchev–Trinajstić information content (AvgIpc) is 3.53. The lowest BCUT2D eigenvalue weighted by Crippen LogP contribution is -2.48. The normalized spacial score (nSPS) is 20.2. The number of hydrogen-bond acceptors (Lipinski definition) is 10. The van der Waals surface area contributed by atoms with Crippen molar-refractivity contribution in [2.75, 3.05) is 57.7 Å². The van der Waals surface area contributed by atoms with E-state index in [-0.39, 0.29) is 41.2 Å². The van der Waals surface area contributed by atoms with Crippen molar-refractivity contribution in [3.63, 3.8) is 0 Å². The Bertz CT molecular complexity index is 2600. The molecule has 4 aliphatic rings. The van der Waals surface area contributed by atoms with Crippen molar-refractivity contribution in [3.8, 4) is 16.9 Å². The fraction of sp³-hybridized carbons (Fsp3) is 0.457. The number of rotatable bonds is 10. The lowest BCUT2D eigenvalue weighted by Gasteiger charge is -2.38. The van der Waals surface area contributed by atoms with Gasteiger partial charge in [-0.25, -0.2) is 19.2 Å². The second-order valence-corrected chi connectivity index (χ2v) is 17.4. The molecule has 5 aromatic rings. The number of fused-ring (bicyclic) bond motifs is 1. The summed E-state index contributed by atoms with van der Waals surface area (Å²) >= 11 is 0. The molecule has 0 radical (unpaired) electrons. The summed E-state index contributed by atoms with van der Waals surface area (Å²) in [6.07, 6.45) is 9.07. The van der Waals surface area contributed by atoms with Crippen LogP contribution in [0.1, 0.15) is 68.9 Å². The Hall–Kier alpha value is -6.00.